The molecule has 1 fully saturated rings. The van der Waals surface area contributed by atoms with E-state index in [1.54, 1.807) is 4.90 Å². The molecule has 3 rings (SSSR count). The Labute approximate surface area is 152 Å². The quantitative estimate of drug-likeness (QED) is 0.781. The topological polar surface area (TPSA) is 35.6 Å². The normalized spacial score (nSPS) is 15.0. The van der Waals surface area contributed by atoms with E-state index in [9.17, 15) is 26.7 Å². The second-order valence-corrected chi connectivity index (χ2v) is 6.04. The summed E-state index contributed by atoms with van der Waals surface area (Å²) in [5.74, 6) is -1.38. The number of carbonyl (C=O) groups is 1. The Hall–Kier alpha value is -2.84. The van der Waals surface area contributed by atoms with E-state index in [1.165, 1.54) is 29.2 Å². The van der Waals surface area contributed by atoms with Gasteiger partial charge in [0.1, 0.15) is 11.6 Å². The van der Waals surface area contributed by atoms with Crippen LogP contribution in [0.5, 0.6) is 0 Å². The summed E-state index contributed by atoms with van der Waals surface area (Å²) < 4.78 is 65.9. The van der Waals surface area contributed by atoms with Gasteiger partial charge in [0, 0.05) is 32.2 Å². The lowest BCUT2D eigenvalue weighted by atomic mass is 10.1. The van der Waals surface area contributed by atoms with E-state index in [0.717, 1.165) is 18.2 Å². The number of halogens is 5. The van der Waals surface area contributed by atoms with E-state index in [2.05, 4.69) is 5.32 Å². The molecule has 0 atom stereocenters. The molecule has 0 aromatic heterocycles. The molecule has 1 N–H and O–H groups in total. The third-order valence-electron chi connectivity index (χ3n) is 4.29. The molecule has 1 aliphatic heterocycles. The molecule has 0 saturated carbocycles. The smallest absolute Gasteiger partial charge is 0.366 e. The molecule has 0 bridgehead atoms. The minimum Gasteiger partial charge on any atom is -0.366 e. The minimum absolute atomic E-state index is 0.191. The fourth-order valence-electron chi connectivity index (χ4n) is 2.92. The molecule has 2 aromatic carbocycles. The minimum atomic E-state index is -4.58. The van der Waals surface area contributed by atoms with Gasteiger partial charge in [0.15, 0.2) is 0 Å². The van der Waals surface area contributed by atoms with Gasteiger partial charge in [-0.05, 0) is 24.3 Å². The van der Waals surface area contributed by atoms with Crippen LogP contribution in [0.1, 0.15) is 5.56 Å². The maximum Gasteiger partial charge on any atom is 0.418 e. The zero-order valence-electron chi connectivity index (χ0n) is 14.1. The fraction of sp³-hybridized carbons (Fsp3) is 0.278. The van der Waals surface area contributed by atoms with Crippen molar-refractivity contribution < 1.29 is 26.7 Å². The molecule has 0 radical (unpaired) electrons. The molecule has 0 unspecified atom stereocenters. The Bertz CT molecular complexity index is 832. The van der Waals surface area contributed by atoms with Gasteiger partial charge in [-0.15, -0.1) is 0 Å². The predicted molar refractivity (Wildman–Crippen MR) is 90.6 cm³/mol. The SMILES string of the molecule is O=C(Nc1ccccc1C(F)(F)F)N1CCN(c2ccc(F)cc2F)CC1. The number of hydrogen-bond donors (Lipinski definition) is 1. The van der Waals surface area contributed by atoms with Gasteiger partial charge in [0.25, 0.3) is 0 Å². The third-order valence-corrected chi connectivity index (χ3v) is 4.29. The molecule has 1 aliphatic rings. The number of piperazine rings is 1. The lowest BCUT2D eigenvalue weighted by Crippen LogP contribution is -2.50. The van der Waals surface area contributed by atoms with Gasteiger partial charge in [-0.1, -0.05) is 12.1 Å². The number of hydrogen-bond acceptors (Lipinski definition) is 2. The number of para-hydroxylation sites is 1. The van der Waals surface area contributed by atoms with Crippen LogP contribution in [0.25, 0.3) is 0 Å². The average Bonchev–Trinajstić information content (AvgIpc) is 2.61. The Morgan fingerprint density at radius 3 is 2.26 bits per heavy atom. The number of amides is 2. The highest BCUT2D eigenvalue weighted by atomic mass is 19.4. The van der Waals surface area contributed by atoms with Crippen molar-refractivity contribution in [2.75, 3.05) is 36.4 Å². The number of benzene rings is 2. The number of alkyl halides is 3. The summed E-state index contributed by atoms with van der Waals surface area (Å²) >= 11 is 0. The molecule has 0 spiro atoms. The van der Waals surface area contributed by atoms with Crippen LogP contribution in [0, 0.1) is 11.6 Å². The fourth-order valence-corrected chi connectivity index (χ4v) is 2.92. The van der Waals surface area contributed by atoms with E-state index >= 15 is 0 Å². The number of carbonyl (C=O) groups excluding carboxylic acids is 1. The molecule has 1 heterocycles. The molecule has 0 aliphatic carbocycles. The van der Waals surface area contributed by atoms with Crippen molar-refractivity contribution in [3.63, 3.8) is 0 Å². The van der Waals surface area contributed by atoms with Gasteiger partial charge in [-0.2, -0.15) is 13.2 Å². The molecule has 2 amide bonds. The maximum absolute atomic E-state index is 13.9. The van der Waals surface area contributed by atoms with Crippen LogP contribution in [-0.2, 0) is 6.18 Å². The molecule has 1 saturated heterocycles. The van der Waals surface area contributed by atoms with Gasteiger partial charge >= 0.3 is 12.2 Å². The average molecular weight is 385 g/mol. The van der Waals surface area contributed by atoms with Crippen LogP contribution in [0.3, 0.4) is 0 Å². The summed E-state index contributed by atoms with van der Waals surface area (Å²) in [6.07, 6.45) is -4.58. The highest BCUT2D eigenvalue weighted by Crippen LogP contribution is 2.34. The van der Waals surface area contributed by atoms with Gasteiger partial charge < -0.3 is 15.1 Å². The lowest BCUT2D eigenvalue weighted by molar-refractivity contribution is -0.136. The Balaban J connectivity index is 1.64. The number of anilines is 2. The summed E-state index contributed by atoms with van der Waals surface area (Å²) in [6.45, 7) is 0.932. The second kappa shape index (κ2) is 7.42. The van der Waals surface area contributed by atoms with E-state index in [4.69, 9.17) is 0 Å². The summed E-state index contributed by atoms with van der Waals surface area (Å²) in [7, 11) is 0. The van der Waals surface area contributed by atoms with Crippen molar-refractivity contribution in [3.05, 3.63) is 59.7 Å². The first-order chi connectivity index (χ1) is 12.8. The van der Waals surface area contributed by atoms with E-state index < -0.39 is 29.4 Å². The van der Waals surface area contributed by atoms with E-state index in [1.807, 2.05) is 0 Å². The first-order valence-electron chi connectivity index (χ1n) is 8.18. The lowest BCUT2D eigenvalue weighted by Gasteiger charge is -2.36. The number of nitrogens with one attached hydrogen (secondary N) is 1. The van der Waals surface area contributed by atoms with Crippen molar-refractivity contribution in [3.8, 4) is 0 Å². The van der Waals surface area contributed by atoms with E-state index in [-0.39, 0.29) is 37.6 Å². The summed E-state index contributed by atoms with van der Waals surface area (Å²) in [5, 5.41) is 2.29. The predicted octanol–water partition coefficient (Wildman–Crippen LogP) is 4.34. The van der Waals surface area contributed by atoms with Gasteiger partial charge in [0.05, 0.1) is 16.9 Å². The highest BCUT2D eigenvalue weighted by molar-refractivity contribution is 5.90. The van der Waals surface area contributed by atoms with Crippen molar-refractivity contribution in [1.82, 2.24) is 4.90 Å². The summed E-state index contributed by atoms with van der Waals surface area (Å²) in [5.41, 5.74) is -1.02. The zero-order chi connectivity index (χ0) is 19.6. The molecule has 9 heteroatoms. The van der Waals surface area contributed by atoms with Crippen molar-refractivity contribution in [1.29, 1.82) is 0 Å². The first kappa shape index (κ1) is 18.9. The number of nitrogens with zero attached hydrogens (tertiary/aromatic N) is 2. The van der Waals surface area contributed by atoms with Crippen molar-refractivity contribution in [2.45, 2.75) is 6.18 Å². The van der Waals surface area contributed by atoms with Crippen LogP contribution in [0.2, 0.25) is 0 Å². The van der Waals surface area contributed by atoms with Crippen LogP contribution in [0.4, 0.5) is 38.1 Å². The van der Waals surface area contributed by atoms with Crippen LogP contribution >= 0.6 is 0 Å². The largest absolute Gasteiger partial charge is 0.418 e. The molecule has 2 aromatic rings. The first-order valence-corrected chi connectivity index (χ1v) is 8.18. The molecule has 27 heavy (non-hydrogen) atoms. The third kappa shape index (κ3) is 4.29. The molecular formula is C18H16F5N3O. The highest BCUT2D eigenvalue weighted by Gasteiger charge is 2.34. The van der Waals surface area contributed by atoms with Gasteiger partial charge in [0.2, 0.25) is 0 Å². The van der Waals surface area contributed by atoms with E-state index in [0.29, 0.717) is 0 Å². The Morgan fingerprint density at radius 1 is 0.963 bits per heavy atom. The Morgan fingerprint density at radius 2 is 1.63 bits per heavy atom. The van der Waals surface area contributed by atoms with Crippen LogP contribution in [-0.4, -0.2) is 37.1 Å². The second-order valence-electron chi connectivity index (χ2n) is 6.04. The maximum atomic E-state index is 13.9. The summed E-state index contributed by atoms with van der Waals surface area (Å²) in [6, 6.07) is 7.31. The van der Waals surface area contributed by atoms with Gasteiger partial charge in [-0.3, -0.25) is 0 Å². The standard InChI is InChI=1S/C18H16F5N3O/c19-12-5-6-16(14(20)11-12)25-7-9-26(10-8-25)17(27)24-15-4-2-1-3-13(15)18(21,22)23/h1-6,11H,7-10H2,(H,24,27). The van der Waals surface area contributed by atoms with Crippen molar-refractivity contribution >= 4 is 17.4 Å². The van der Waals surface area contributed by atoms with Crippen LogP contribution < -0.4 is 10.2 Å². The molecule has 4 nitrogen and oxygen atoms in total. The van der Waals surface area contributed by atoms with Gasteiger partial charge in [-0.25, -0.2) is 13.6 Å². The van der Waals surface area contributed by atoms with Crippen molar-refractivity contribution in [2.24, 2.45) is 0 Å². The molecule has 144 valence electrons. The monoisotopic (exact) mass is 385 g/mol. The zero-order valence-corrected chi connectivity index (χ0v) is 14.1. The number of rotatable bonds is 2. The Kier molecular flexibility index (Phi) is 5.20. The number of urea groups is 1. The molecular weight excluding hydrogens is 369 g/mol. The summed E-state index contributed by atoms with van der Waals surface area (Å²) in [4.78, 5) is 15.3. The van der Waals surface area contributed by atoms with Crippen LogP contribution in [0.15, 0.2) is 42.5 Å².